The van der Waals surface area contributed by atoms with Crippen LogP contribution < -0.4 is 0 Å². The summed E-state index contributed by atoms with van der Waals surface area (Å²) in [4.78, 5) is 15.2. The van der Waals surface area contributed by atoms with Crippen molar-refractivity contribution in [2.24, 2.45) is 0 Å². The summed E-state index contributed by atoms with van der Waals surface area (Å²) in [5.74, 6) is 1.87. The van der Waals surface area contributed by atoms with E-state index in [1.54, 1.807) is 0 Å². The van der Waals surface area contributed by atoms with Gasteiger partial charge in [0.05, 0.1) is 27.6 Å². The molecule has 50 heavy (non-hydrogen) atoms. The third-order valence-electron chi connectivity index (χ3n) is 10.1. The van der Waals surface area contributed by atoms with Crippen molar-refractivity contribution < 1.29 is 0 Å². The maximum atomic E-state index is 5.12. The van der Waals surface area contributed by atoms with Crippen LogP contribution in [0.5, 0.6) is 0 Å². The number of hydrogen-bond acceptors (Lipinski definition) is 3. The quantitative estimate of drug-likeness (QED) is 0.193. The average molecular weight is 638 g/mol. The van der Waals surface area contributed by atoms with Gasteiger partial charge in [-0.1, -0.05) is 133 Å². The topological polar surface area (TPSA) is 48.0 Å². The molecule has 0 aliphatic heterocycles. The summed E-state index contributed by atoms with van der Waals surface area (Å²) in [6, 6.07) is 57.8. The second-order valence-corrected chi connectivity index (χ2v) is 12.9. The summed E-state index contributed by atoms with van der Waals surface area (Å²) in [6.45, 7) is 0. The number of fused-ring (bicyclic) bond motifs is 9. The van der Waals surface area contributed by atoms with Crippen LogP contribution in [-0.2, 0) is 0 Å². The highest BCUT2D eigenvalue weighted by molar-refractivity contribution is 6.23. The molecule has 11 rings (SSSR count). The van der Waals surface area contributed by atoms with Crippen molar-refractivity contribution in [2.45, 2.75) is 0 Å². The van der Waals surface area contributed by atoms with Gasteiger partial charge in [0.2, 0.25) is 5.95 Å². The van der Waals surface area contributed by atoms with Crippen molar-refractivity contribution in [1.29, 1.82) is 0 Å². The van der Waals surface area contributed by atoms with Crippen molar-refractivity contribution in [2.75, 3.05) is 0 Å². The average Bonchev–Trinajstić information content (AvgIpc) is 3.83. The van der Waals surface area contributed by atoms with Gasteiger partial charge in [-0.05, 0) is 41.5 Å². The summed E-state index contributed by atoms with van der Waals surface area (Å²) >= 11 is 0. The SMILES string of the molecule is c1ccc(-c2nc(-c3ccccc3)nc(-n3c4ccccc4c4ccc(-c5ccc6c(c5)c5cccc7c8ccccc8n6c75)cc43)n2)cc1. The van der Waals surface area contributed by atoms with E-state index in [1.807, 2.05) is 60.7 Å². The van der Waals surface area contributed by atoms with E-state index in [2.05, 4.69) is 112 Å². The first kappa shape index (κ1) is 27.1. The van der Waals surface area contributed by atoms with Crippen LogP contribution in [-0.4, -0.2) is 23.9 Å². The van der Waals surface area contributed by atoms with Crippen molar-refractivity contribution in [1.82, 2.24) is 23.9 Å². The minimum Gasteiger partial charge on any atom is -0.308 e. The molecule has 5 heteroatoms. The van der Waals surface area contributed by atoms with Gasteiger partial charge < -0.3 is 4.40 Å². The molecule has 232 valence electrons. The lowest BCUT2D eigenvalue weighted by Gasteiger charge is -2.11. The lowest BCUT2D eigenvalue weighted by Crippen LogP contribution is -2.06. The molecule has 4 aromatic heterocycles. The molecule has 0 saturated carbocycles. The van der Waals surface area contributed by atoms with E-state index in [0.29, 0.717) is 17.6 Å². The molecule has 0 aliphatic rings. The van der Waals surface area contributed by atoms with Crippen LogP contribution in [0.2, 0.25) is 0 Å². The Hall–Kier alpha value is -6.85. The number of para-hydroxylation sites is 3. The zero-order chi connectivity index (χ0) is 32.8. The number of nitrogens with zero attached hydrogens (tertiary/aromatic N) is 5. The highest BCUT2D eigenvalue weighted by Crippen LogP contribution is 2.41. The molecule has 7 aromatic carbocycles. The number of rotatable bonds is 4. The summed E-state index contributed by atoms with van der Waals surface area (Å²) in [7, 11) is 0. The Balaban J connectivity index is 1.15. The fraction of sp³-hybridized carbons (Fsp3) is 0. The molecule has 0 bridgehead atoms. The number of aromatic nitrogens is 5. The van der Waals surface area contributed by atoms with Gasteiger partial charge in [-0.25, -0.2) is 4.98 Å². The Morgan fingerprint density at radius 3 is 1.56 bits per heavy atom. The van der Waals surface area contributed by atoms with E-state index in [9.17, 15) is 0 Å². The first-order chi connectivity index (χ1) is 24.8. The van der Waals surface area contributed by atoms with E-state index in [1.165, 1.54) is 43.7 Å². The molecule has 11 aromatic rings. The Morgan fingerprint density at radius 2 is 0.840 bits per heavy atom. The van der Waals surface area contributed by atoms with Crippen LogP contribution in [0.1, 0.15) is 0 Å². The smallest absolute Gasteiger partial charge is 0.238 e. The summed E-state index contributed by atoms with van der Waals surface area (Å²) in [5.41, 5.74) is 10.1. The first-order valence-corrected chi connectivity index (χ1v) is 16.9. The van der Waals surface area contributed by atoms with Gasteiger partial charge in [0.25, 0.3) is 0 Å². The van der Waals surface area contributed by atoms with Gasteiger partial charge in [-0.3, -0.25) is 4.57 Å². The second kappa shape index (κ2) is 10.3. The van der Waals surface area contributed by atoms with E-state index in [0.717, 1.165) is 38.5 Å². The van der Waals surface area contributed by atoms with Crippen LogP contribution in [0.25, 0.3) is 99.8 Å². The van der Waals surface area contributed by atoms with Crippen LogP contribution in [0.15, 0.2) is 164 Å². The maximum absolute atomic E-state index is 5.12. The molecule has 0 amide bonds. The van der Waals surface area contributed by atoms with Gasteiger partial charge in [0.15, 0.2) is 11.6 Å². The van der Waals surface area contributed by atoms with E-state index in [4.69, 9.17) is 15.0 Å². The monoisotopic (exact) mass is 637 g/mol. The molecule has 0 fully saturated rings. The molecule has 0 spiro atoms. The molecule has 0 N–H and O–H groups in total. The van der Waals surface area contributed by atoms with Gasteiger partial charge in [0.1, 0.15) is 0 Å². The van der Waals surface area contributed by atoms with Crippen molar-refractivity contribution in [3.05, 3.63) is 164 Å². The standard InChI is InChI=1S/C45H27N5/c1-3-12-28(13-4-1)43-46-44(29-14-5-2-6-15-29)48-45(47-43)50-39-21-10-7-16-32(39)34-24-22-31(27-41(34)50)30-23-25-40-37(26-30)36-19-11-18-35-33-17-8-9-20-38(33)49(40)42(35)36/h1-27H. The largest absolute Gasteiger partial charge is 0.308 e. The Kier molecular flexibility index (Phi) is 5.60. The van der Waals surface area contributed by atoms with Crippen LogP contribution in [0, 0.1) is 0 Å². The van der Waals surface area contributed by atoms with E-state index in [-0.39, 0.29) is 0 Å². The Morgan fingerprint density at radius 1 is 0.320 bits per heavy atom. The molecule has 5 nitrogen and oxygen atoms in total. The highest BCUT2D eigenvalue weighted by Gasteiger charge is 2.20. The van der Waals surface area contributed by atoms with Crippen LogP contribution in [0.4, 0.5) is 0 Å². The third-order valence-corrected chi connectivity index (χ3v) is 10.1. The highest BCUT2D eigenvalue weighted by atomic mass is 15.2. The van der Waals surface area contributed by atoms with E-state index < -0.39 is 0 Å². The predicted octanol–water partition coefficient (Wildman–Crippen LogP) is 11.1. The van der Waals surface area contributed by atoms with Crippen molar-refractivity contribution in [3.8, 4) is 39.9 Å². The van der Waals surface area contributed by atoms with Gasteiger partial charge in [0, 0.05) is 43.4 Å². The molecule has 0 saturated heterocycles. The second-order valence-electron chi connectivity index (χ2n) is 12.9. The zero-order valence-corrected chi connectivity index (χ0v) is 26.8. The third kappa shape index (κ3) is 3.86. The van der Waals surface area contributed by atoms with E-state index >= 15 is 0 Å². The lowest BCUT2D eigenvalue weighted by molar-refractivity contribution is 0.953. The molecular formula is C45H27N5. The Labute approximate surface area is 286 Å². The van der Waals surface area contributed by atoms with Gasteiger partial charge in [-0.2, -0.15) is 9.97 Å². The van der Waals surface area contributed by atoms with Crippen molar-refractivity contribution in [3.63, 3.8) is 0 Å². The summed E-state index contributed by atoms with van der Waals surface area (Å²) in [5, 5.41) is 7.43. The Bertz CT molecular complexity index is 3030. The molecule has 0 radical (unpaired) electrons. The molecule has 0 atom stereocenters. The predicted molar refractivity (Wildman–Crippen MR) is 205 cm³/mol. The van der Waals surface area contributed by atoms with Crippen LogP contribution in [0.3, 0.4) is 0 Å². The van der Waals surface area contributed by atoms with Crippen molar-refractivity contribution >= 4 is 59.9 Å². The molecule has 0 aliphatic carbocycles. The normalized spacial score (nSPS) is 12.0. The molecular weight excluding hydrogens is 611 g/mol. The summed E-state index contributed by atoms with van der Waals surface area (Å²) in [6.07, 6.45) is 0. The maximum Gasteiger partial charge on any atom is 0.238 e. The number of benzene rings is 7. The van der Waals surface area contributed by atoms with Crippen LogP contribution >= 0.6 is 0 Å². The van der Waals surface area contributed by atoms with Gasteiger partial charge in [-0.15, -0.1) is 0 Å². The number of hydrogen-bond donors (Lipinski definition) is 0. The molecule has 0 unspecified atom stereocenters. The minimum absolute atomic E-state index is 0.591. The summed E-state index contributed by atoms with van der Waals surface area (Å²) < 4.78 is 4.62. The fourth-order valence-electron chi connectivity index (χ4n) is 7.88. The fourth-order valence-corrected chi connectivity index (χ4v) is 7.88. The zero-order valence-electron chi connectivity index (χ0n) is 26.8. The lowest BCUT2D eigenvalue weighted by atomic mass is 10.0. The minimum atomic E-state index is 0.591. The first-order valence-electron chi connectivity index (χ1n) is 16.9. The molecule has 4 heterocycles. The van der Waals surface area contributed by atoms with Gasteiger partial charge >= 0.3 is 0 Å².